The van der Waals surface area contributed by atoms with Gasteiger partial charge in [-0.1, -0.05) is 71.7 Å². The first kappa shape index (κ1) is 33.9. The molecule has 2 amide bonds. The van der Waals surface area contributed by atoms with Crippen LogP contribution in [-0.4, -0.2) is 59.0 Å². The monoisotopic (exact) mass is 709 g/mol. The van der Waals surface area contributed by atoms with Gasteiger partial charge in [-0.15, -0.1) is 0 Å². The number of aromatic nitrogens is 3. The zero-order valence-corrected chi connectivity index (χ0v) is 29.1. The van der Waals surface area contributed by atoms with Crippen LogP contribution in [0.1, 0.15) is 37.1 Å². The van der Waals surface area contributed by atoms with Crippen molar-refractivity contribution in [2.45, 2.75) is 50.9 Å². The summed E-state index contributed by atoms with van der Waals surface area (Å²) >= 11 is 14.2. The van der Waals surface area contributed by atoms with Crippen molar-refractivity contribution in [2.75, 3.05) is 20.2 Å². The molecule has 2 atom stereocenters. The first-order chi connectivity index (χ1) is 24.4. The van der Waals surface area contributed by atoms with Gasteiger partial charge < -0.3 is 26.0 Å². The van der Waals surface area contributed by atoms with Crippen molar-refractivity contribution in [3.8, 4) is 39.4 Å². The van der Waals surface area contributed by atoms with E-state index in [0.29, 0.717) is 66.5 Å². The maximum atomic E-state index is 11.5. The van der Waals surface area contributed by atoms with Gasteiger partial charge in [0.05, 0.1) is 34.9 Å². The normalized spacial score (nSPS) is 17.3. The molecule has 2 saturated heterocycles. The Kier molecular flexibility index (Phi) is 10.2. The summed E-state index contributed by atoms with van der Waals surface area (Å²) in [5.41, 5.74) is 6.59. The van der Waals surface area contributed by atoms with Crippen LogP contribution in [0, 0.1) is 0 Å². The van der Waals surface area contributed by atoms with Gasteiger partial charge in [0.1, 0.15) is 5.82 Å². The van der Waals surface area contributed by atoms with E-state index in [4.69, 9.17) is 37.9 Å². The lowest BCUT2D eigenvalue weighted by Crippen LogP contribution is -2.35. The molecule has 12 heteroatoms. The molecule has 2 aliphatic rings. The van der Waals surface area contributed by atoms with Gasteiger partial charge in [0.2, 0.25) is 17.7 Å². The van der Waals surface area contributed by atoms with Gasteiger partial charge >= 0.3 is 0 Å². The number of carbonyl (C=O) groups is 2. The van der Waals surface area contributed by atoms with Gasteiger partial charge in [-0.3, -0.25) is 9.59 Å². The van der Waals surface area contributed by atoms with E-state index in [-0.39, 0.29) is 23.9 Å². The summed E-state index contributed by atoms with van der Waals surface area (Å²) < 4.78 is 5.65. The van der Waals surface area contributed by atoms with Crippen LogP contribution in [0.2, 0.25) is 10.0 Å². The van der Waals surface area contributed by atoms with Crippen molar-refractivity contribution in [3.63, 3.8) is 0 Å². The molecule has 256 valence electrons. The molecule has 0 spiro atoms. The van der Waals surface area contributed by atoms with Gasteiger partial charge in [-0.25, -0.2) is 15.0 Å². The van der Waals surface area contributed by atoms with Crippen LogP contribution in [0.3, 0.4) is 0 Å². The summed E-state index contributed by atoms with van der Waals surface area (Å²) in [7, 11) is 1.60. The molecule has 2 fully saturated rings. The van der Waals surface area contributed by atoms with E-state index in [0.717, 1.165) is 57.1 Å². The SMILES string of the molecule is COc1nc(-c2cccc(-c3cccc(-c4ccc5nc(CNC[C@@H]6CCC(=O)N6)ncc5c4)c3Cl)c2Cl)ccc1CNC[C@@H]1CCC(=O)N1. The molecule has 0 radical (unpaired) electrons. The number of ether oxygens (including phenoxy) is 1. The Hall–Kier alpha value is -4.61. The lowest BCUT2D eigenvalue weighted by Gasteiger charge is -2.16. The Balaban J connectivity index is 1.08. The Morgan fingerprint density at radius 3 is 2.08 bits per heavy atom. The quantitative estimate of drug-likeness (QED) is 0.123. The lowest BCUT2D eigenvalue weighted by atomic mass is 9.96. The third kappa shape index (κ3) is 7.44. The van der Waals surface area contributed by atoms with E-state index in [2.05, 4.69) is 26.3 Å². The van der Waals surface area contributed by atoms with Gasteiger partial charge in [-0.2, -0.15) is 0 Å². The summed E-state index contributed by atoms with van der Waals surface area (Å²) in [6, 6.07) is 22.0. The van der Waals surface area contributed by atoms with Crippen LogP contribution < -0.4 is 26.0 Å². The highest BCUT2D eigenvalue weighted by Gasteiger charge is 2.22. The average Bonchev–Trinajstić information content (AvgIpc) is 3.75. The summed E-state index contributed by atoms with van der Waals surface area (Å²) in [5, 5.41) is 14.7. The maximum absolute atomic E-state index is 11.5. The van der Waals surface area contributed by atoms with Gasteiger partial charge in [-0.05, 0) is 36.6 Å². The van der Waals surface area contributed by atoms with E-state index in [9.17, 15) is 9.59 Å². The third-order valence-corrected chi connectivity index (χ3v) is 10.0. The zero-order chi connectivity index (χ0) is 34.6. The average molecular weight is 711 g/mol. The molecule has 4 heterocycles. The fourth-order valence-electron chi connectivity index (χ4n) is 6.56. The molecule has 50 heavy (non-hydrogen) atoms. The first-order valence-electron chi connectivity index (χ1n) is 16.7. The number of fused-ring (bicyclic) bond motifs is 1. The summed E-state index contributed by atoms with van der Waals surface area (Å²) in [5.74, 6) is 1.41. The second-order valence-corrected chi connectivity index (χ2v) is 13.4. The van der Waals surface area contributed by atoms with Crippen LogP contribution in [0.25, 0.3) is 44.4 Å². The topological polar surface area (TPSA) is 130 Å². The second kappa shape index (κ2) is 15.1. The number of hydrogen-bond donors (Lipinski definition) is 4. The number of methoxy groups -OCH3 is 1. The molecular weight excluding hydrogens is 673 g/mol. The molecule has 5 aromatic rings. The molecule has 4 N–H and O–H groups in total. The highest BCUT2D eigenvalue weighted by atomic mass is 35.5. The number of halogens is 2. The standard InChI is InChI=1S/C38H37Cl2N7O3/c1-50-38-23(17-41-19-25-10-14-34(48)44-25)9-13-32(47-38)30-7-3-6-29(37(30)40)28-5-2-4-27(36(28)39)22-8-12-31-24(16-22)18-43-33(46-31)21-42-20-26-11-15-35(49)45-26/h2-9,12-13,16,18,25-26,41-42H,10-11,14-15,17,19-21H2,1H3,(H,44,48)(H,45,49)/t25-,26-/m0/s1. The predicted molar refractivity (Wildman–Crippen MR) is 196 cm³/mol. The van der Waals surface area contributed by atoms with Crippen molar-refractivity contribution in [2.24, 2.45) is 0 Å². The lowest BCUT2D eigenvalue weighted by molar-refractivity contribution is -0.120. The van der Waals surface area contributed by atoms with Crippen molar-refractivity contribution in [1.29, 1.82) is 0 Å². The Morgan fingerprint density at radius 2 is 1.42 bits per heavy atom. The summed E-state index contributed by atoms with van der Waals surface area (Å²) in [6.45, 7) is 2.44. The van der Waals surface area contributed by atoms with Crippen molar-refractivity contribution in [3.05, 3.63) is 94.4 Å². The molecule has 0 aliphatic carbocycles. The van der Waals surface area contributed by atoms with Gasteiger partial charge in [0, 0.05) is 84.0 Å². The molecule has 10 nitrogen and oxygen atoms in total. The fraction of sp³-hybridized carbons (Fsp3) is 0.289. The molecule has 2 aromatic heterocycles. The zero-order valence-electron chi connectivity index (χ0n) is 27.6. The molecular formula is C38H37Cl2N7O3. The van der Waals surface area contributed by atoms with Crippen LogP contribution in [-0.2, 0) is 22.7 Å². The van der Waals surface area contributed by atoms with Crippen molar-refractivity contribution < 1.29 is 14.3 Å². The Labute approximate surface area is 300 Å². The van der Waals surface area contributed by atoms with Crippen LogP contribution in [0.4, 0.5) is 0 Å². The molecule has 0 bridgehead atoms. The predicted octanol–water partition coefficient (Wildman–Crippen LogP) is 6.08. The van der Waals surface area contributed by atoms with Gasteiger partial charge in [0.25, 0.3) is 0 Å². The number of carbonyl (C=O) groups excluding carboxylic acids is 2. The smallest absolute Gasteiger partial charge is 0.220 e. The van der Waals surface area contributed by atoms with Crippen molar-refractivity contribution in [1.82, 2.24) is 36.2 Å². The Bertz CT molecular complexity index is 2070. The minimum atomic E-state index is 0.101. The highest BCUT2D eigenvalue weighted by Crippen LogP contribution is 2.42. The third-order valence-electron chi connectivity index (χ3n) is 9.19. The minimum Gasteiger partial charge on any atom is -0.481 e. The van der Waals surface area contributed by atoms with Crippen LogP contribution in [0.15, 0.2) is 72.9 Å². The first-order valence-corrected chi connectivity index (χ1v) is 17.5. The maximum Gasteiger partial charge on any atom is 0.220 e. The number of pyridine rings is 1. The van der Waals surface area contributed by atoms with E-state index in [1.54, 1.807) is 7.11 Å². The number of rotatable bonds is 12. The largest absolute Gasteiger partial charge is 0.481 e. The van der Waals surface area contributed by atoms with E-state index in [1.165, 1.54) is 0 Å². The van der Waals surface area contributed by atoms with Crippen molar-refractivity contribution >= 4 is 45.9 Å². The highest BCUT2D eigenvalue weighted by molar-refractivity contribution is 6.39. The fourth-order valence-corrected chi connectivity index (χ4v) is 7.22. The molecule has 7 rings (SSSR count). The number of nitrogens with one attached hydrogen (secondary N) is 4. The van der Waals surface area contributed by atoms with Gasteiger partial charge in [0.15, 0.2) is 0 Å². The second-order valence-electron chi connectivity index (χ2n) is 12.6. The number of hydrogen-bond acceptors (Lipinski definition) is 8. The van der Waals surface area contributed by atoms with Crippen LogP contribution >= 0.6 is 23.2 Å². The summed E-state index contributed by atoms with van der Waals surface area (Å²) in [6.07, 6.45) is 4.67. The minimum absolute atomic E-state index is 0.101. The number of nitrogens with zero attached hydrogens (tertiary/aromatic N) is 3. The summed E-state index contributed by atoms with van der Waals surface area (Å²) in [4.78, 5) is 37.1. The van der Waals surface area contributed by atoms with E-state index < -0.39 is 0 Å². The molecule has 0 saturated carbocycles. The van der Waals surface area contributed by atoms with E-state index in [1.807, 2.05) is 72.9 Å². The number of benzene rings is 3. The molecule has 2 aliphatic heterocycles. The van der Waals surface area contributed by atoms with E-state index >= 15 is 0 Å². The number of amides is 2. The molecule has 3 aromatic carbocycles. The Morgan fingerprint density at radius 1 is 0.780 bits per heavy atom. The molecule has 0 unspecified atom stereocenters. The van der Waals surface area contributed by atoms with Crippen LogP contribution in [0.5, 0.6) is 5.88 Å².